The minimum atomic E-state index is -0.139. The molecule has 158 valence electrons. The molecule has 0 bridgehead atoms. The van der Waals surface area contributed by atoms with Gasteiger partial charge in [-0.1, -0.05) is 30.7 Å². The van der Waals surface area contributed by atoms with Crippen molar-refractivity contribution in [2.45, 2.75) is 13.3 Å². The molecule has 1 aliphatic heterocycles. The number of fused-ring (bicyclic) bond motifs is 1. The molecule has 1 fully saturated rings. The summed E-state index contributed by atoms with van der Waals surface area (Å²) in [5, 5.41) is 5.12. The van der Waals surface area contributed by atoms with Gasteiger partial charge in [0.2, 0.25) is 0 Å². The number of nitrogens with zero attached hydrogens (tertiary/aromatic N) is 4. The third-order valence-electron chi connectivity index (χ3n) is 5.91. The van der Waals surface area contributed by atoms with E-state index < -0.39 is 0 Å². The van der Waals surface area contributed by atoms with Gasteiger partial charge in [0, 0.05) is 35.9 Å². The molecule has 6 nitrogen and oxygen atoms in total. The van der Waals surface area contributed by atoms with Gasteiger partial charge >= 0.3 is 0 Å². The highest BCUT2D eigenvalue weighted by atomic mass is 35.5. The SMILES string of the molecule is COc1cc(-n2cnn3cc(-c4ccc(Cl)cc4)cc3c2=O)ccc1N1CC[C@@H](C)C1. The zero-order valence-corrected chi connectivity index (χ0v) is 18.2. The van der Waals surface area contributed by atoms with E-state index in [0.717, 1.165) is 41.3 Å². The number of rotatable bonds is 4. The Morgan fingerprint density at radius 1 is 1.10 bits per heavy atom. The number of halogens is 1. The highest BCUT2D eigenvalue weighted by Gasteiger charge is 2.22. The first kappa shape index (κ1) is 19.7. The van der Waals surface area contributed by atoms with Gasteiger partial charge in [0.15, 0.2) is 0 Å². The van der Waals surface area contributed by atoms with Crippen molar-refractivity contribution in [3.8, 4) is 22.6 Å². The molecule has 1 saturated heterocycles. The Kier molecular flexibility index (Phi) is 4.94. The summed E-state index contributed by atoms with van der Waals surface area (Å²) >= 11 is 5.99. The highest BCUT2D eigenvalue weighted by molar-refractivity contribution is 6.30. The van der Waals surface area contributed by atoms with Gasteiger partial charge in [-0.15, -0.1) is 0 Å². The lowest BCUT2D eigenvalue weighted by molar-refractivity contribution is 0.414. The lowest BCUT2D eigenvalue weighted by Gasteiger charge is -2.21. The van der Waals surface area contributed by atoms with Crippen LogP contribution in [-0.4, -0.2) is 34.4 Å². The van der Waals surface area contributed by atoms with Gasteiger partial charge in [0.25, 0.3) is 5.56 Å². The molecule has 3 heterocycles. The first-order chi connectivity index (χ1) is 15.0. The van der Waals surface area contributed by atoms with Crippen LogP contribution in [0.15, 0.2) is 65.8 Å². The molecule has 5 rings (SSSR count). The molecule has 7 heteroatoms. The summed E-state index contributed by atoms with van der Waals surface area (Å²) in [7, 11) is 1.66. The minimum absolute atomic E-state index is 0.139. The quantitative estimate of drug-likeness (QED) is 0.468. The van der Waals surface area contributed by atoms with Crippen LogP contribution in [0.5, 0.6) is 5.75 Å². The van der Waals surface area contributed by atoms with Crippen molar-refractivity contribution in [2.24, 2.45) is 5.92 Å². The van der Waals surface area contributed by atoms with Crippen LogP contribution in [0.1, 0.15) is 13.3 Å². The summed E-state index contributed by atoms with van der Waals surface area (Å²) in [5.74, 6) is 1.43. The number of methoxy groups -OCH3 is 1. The second kappa shape index (κ2) is 7.78. The van der Waals surface area contributed by atoms with Crippen LogP contribution in [0.25, 0.3) is 22.3 Å². The van der Waals surface area contributed by atoms with Crippen molar-refractivity contribution >= 4 is 22.8 Å². The summed E-state index contributed by atoms with van der Waals surface area (Å²) < 4.78 is 8.83. The van der Waals surface area contributed by atoms with Gasteiger partial charge in [-0.2, -0.15) is 5.10 Å². The Bertz CT molecular complexity index is 1310. The Morgan fingerprint density at radius 3 is 2.61 bits per heavy atom. The number of benzene rings is 2. The summed E-state index contributed by atoms with van der Waals surface area (Å²) in [6.45, 7) is 4.29. The summed E-state index contributed by atoms with van der Waals surface area (Å²) in [6, 6.07) is 15.3. The van der Waals surface area contributed by atoms with Gasteiger partial charge in [-0.25, -0.2) is 4.52 Å². The molecular formula is C24H23ClN4O2. The van der Waals surface area contributed by atoms with E-state index in [2.05, 4.69) is 16.9 Å². The summed E-state index contributed by atoms with van der Waals surface area (Å²) in [5.41, 5.74) is 4.04. The number of hydrogen-bond acceptors (Lipinski definition) is 4. The molecule has 31 heavy (non-hydrogen) atoms. The molecule has 4 aromatic rings. The van der Waals surface area contributed by atoms with Crippen LogP contribution in [0.4, 0.5) is 5.69 Å². The van der Waals surface area contributed by atoms with Gasteiger partial charge in [0.1, 0.15) is 17.6 Å². The van der Waals surface area contributed by atoms with Crippen molar-refractivity contribution in [1.29, 1.82) is 0 Å². The molecule has 1 atom stereocenters. The maximum Gasteiger partial charge on any atom is 0.282 e. The van der Waals surface area contributed by atoms with Crippen LogP contribution in [0.2, 0.25) is 5.02 Å². The standard InChI is InChI=1S/C24H23ClN4O2/c1-16-9-10-27(13-16)21-8-7-20(12-23(21)31-2)28-15-26-29-14-18(11-22(29)24(28)30)17-3-5-19(25)6-4-17/h3-8,11-12,14-16H,9-10,13H2,1-2H3/t16-/m1/s1. The normalized spacial score (nSPS) is 16.2. The van der Waals surface area contributed by atoms with Crippen molar-refractivity contribution in [3.05, 3.63) is 76.4 Å². The molecule has 0 aliphatic carbocycles. The second-order valence-corrected chi connectivity index (χ2v) is 8.50. The van der Waals surface area contributed by atoms with Gasteiger partial charge in [-0.05, 0) is 48.2 Å². The van der Waals surface area contributed by atoms with E-state index in [9.17, 15) is 4.79 Å². The lowest BCUT2D eigenvalue weighted by Crippen LogP contribution is -2.22. The predicted molar refractivity (Wildman–Crippen MR) is 124 cm³/mol. The molecule has 2 aromatic heterocycles. The first-order valence-electron chi connectivity index (χ1n) is 10.3. The topological polar surface area (TPSA) is 51.8 Å². The Hall–Kier alpha value is -3.25. The van der Waals surface area contributed by atoms with Gasteiger partial charge in [-0.3, -0.25) is 9.36 Å². The van der Waals surface area contributed by atoms with E-state index in [4.69, 9.17) is 16.3 Å². The highest BCUT2D eigenvalue weighted by Crippen LogP contribution is 2.34. The molecule has 0 radical (unpaired) electrons. The minimum Gasteiger partial charge on any atom is -0.495 e. The van der Waals surface area contributed by atoms with Crippen molar-refractivity contribution in [2.75, 3.05) is 25.1 Å². The van der Waals surface area contributed by atoms with Crippen molar-refractivity contribution < 1.29 is 4.74 Å². The van der Waals surface area contributed by atoms with E-state index in [0.29, 0.717) is 16.5 Å². The number of anilines is 1. The zero-order valence-electron chi connectivity index (χ0n) is 17.5. The van der Waals surface area contributed by atoms with E-state index in [1.807, 2.05) is 54.7 Å². The Morgan fingerprint density at radius 2 is 1.90 bits per heavy atom. The van der Waals surface area contributed by atoms with E-state index in [1.54, 1.807) is 22.5 Å². The molecule has 1 aliphatic rings. The summed E-state index contributed by atoms with van der Waals surface area (Å²) in [6.07, 6.45) is 4.57. The number of ether oxygens (including phenoxy) is 1. The maximum atomic E-state index is 13.2. The molecule has 0 saturated carbocycles. The monoisotopic (exact) mass is 434 g/mol. The maximum absolute atomic E-state index is 13.2. The van der Waals surface area contributed by atoms with Crippen LogP contribution in [-0.2, 0) is 0 Å². The van der Waals surface area contributed by atoms with Crippen LogP contribution in [0.3, 0.4) is 0 Å². The predicted octanol–water partition coefficient (Wildman–Crippen LogP) is 4.66. The smallest absolute Gasteiger partial charge is 0.282 e. The fraction of sp³-hybridized carbons (Fsp3) is 0.250. The largest absolute Gasteiger partial charge is 0.495 e. The Labute approximate surface area is 185 Å². The molecule has 2 aromatic carbocycles. The third kappa shape index (κ3) is 3.57. The number of aromatic nitrogens is 3. The van der Waals surface area contributed by atoms with Crippen LogP contribution in [0, 0.1) is 5.92 Å². The van der Waals surface area contributed by atoms with Crippen molar-refractivity contribution in [1.82, 2.24) is 14.2 Å². The zero-order chi connectivity index (χ0) is 21.5. The van der Waals surface area contributed by atoms with E-state index in [-0.39, 0.29) is 5.56 Å². The van der Waals surface area contributed by atoms with E-state index >= 15 is 0 Å². The molecule has 0 N–H and O–H groups in total. The van der Waals surface area contributed by atoms with Crippen LogP contribution >= 0.6 is 11.6 Å². The lowest BCUT2D eigenvalue weighted by atomic mass is 10.1. The molecule has 0 spiro atoms. The van der Waals surface area contributed by atoms with Crippen molar-refractivity contribution in [3.63, 3.8) is 0 Å². The third-order valence-corrected chi connectivity index (χ3v) is 6.17. The molecular weight excluding hydrogens is 412 g/mol. The van der Waals surface area contributed by atoms with Gasteiger partial charge < -0.3 is 9.64 Å². The fourth-order valence-electron chi connectivity index (χ4n) is 4.21. The fourth-order valence-corrected chi connectivity index (χ4v) is 4.33. The first-order valence-corrected chi connectivity index (χ1v) is 10.7. The molecule has 0 amide bonds. The average Bonchev–Trinajstić information content (AvgIpc) is 3.41. The Balaban J connectivity index is 1.55. The number of hydrogen-bond donors (Lipinski definition) is 0. The molecule has 0 unspecified atom stereocenters. The van der Waals surface area contributed by atoms with E-state index in [1.165, 1.54) is 6.42 Å². The summed E-state index contributed by atoms with van der Waals surface area (Å²) in [4.78, 5) is 15.6. The second-order valence-electron chi connectivity index (χ2n) is 8.07. The van der Waals surface area contributed by atoms with Gasteiger partial charge in [0.05, 0.1) is 18.5 Å². The van der Waals surface area contributed by atoms with Crippen LogP contribution < -0.4 is 15.2 Å². The average molecular weight is 435 g/mol.